The number of fused-ring (bicyclic) bond motifs is 1. The Balaban J connectivity index is 1.55. The van der Waals surface area contributed by atoms with Gasteiger partial charge in [-0.3, -0.25) is 5.43 Å². The van der Waals surface area contributed by atoms with Crippen molar-refractivity contribution < 1.29 is 9.47 Å². The first-order valence-electron chi connectivity index (χ1n) is 7.24. The van der Waals surface area contributed by atoms with E-state index in [0.29, 0.717) is 11.7 Å². The lowest BCUT2D eigenvalue weighted by atomic mass is 10.1. The van der Waals surface area contributed by atoms with Gasteiger partial charge in [-0.1, -0.05) is 30.3 Å². The second kappa shape index (κ2) is 7.11. The molecule has 0 saturated heterocycles. The molecule has 0 unspecified atom stereocenters. The van der Waals surface area contributed by atoms with Crippen LogP contribution in [0.3, 0.4) is 0 Å². The molecule has 3 rings (SSSR count). The van der Waals surface area contributed by atoms with Gasteiger partial charge in [-0.05, 0) is 42.9 Å². The molecule has 2 aromatic carbocycles. The summed E-state index contributed by atoms with van der Waals surface area (Å²) in [5.41, 5.74) is 5.78. The highest BCUT2D eigenvalue weighted by Crippen LogP contribution is 2.32. The zero-order chi connectivity index (χ0) is 16.1. The molecule has 0 radical (unpaired) electrons. The van der Waals surface area contributed by atoms with E-state index >= 15 is 0 Å². The van der Waals surface area contributed by atoms with Crippen LogP contribution in [0.4, 0.5) is 0 Å². The molecule has 2 N–H and O–H groups in total. The second-order valence-electron chi connectivity index (χ2n) is 5.05. The van der Waals surface area contributed by atoms with Crippen molar-refractivity contribution in [3.8, 4) is 11.5 Å². The molecule has 1 aliphatic rings. The lowest BCUT2D eigenvalue weighted by Gasteiger charge is -2.08. The van der Waals surface area contributed by atoms with Gasteiger partial charge in [0.15, 0.2) is 16.6 Å². The lowest BCUT2D eigenvalue weighted by Crippen LogP contribution is -2.32. The normalized spacial score (nSPS) is 12.8. The minimum atomic E-state index is 0.265. The Labute approximate surface area is 140 Å². The van der Waals surface area contributed by atoms with Gasteiger partial charge in [0.05, 0.1) is 5.71 Å². The third kappa shape index (κ3) is 3.98. The van der Waals surface area contributed by atoms with E-state index in [1.54, 1.807) is 0 Å². The maximum Gasteiger partial charge on any atom is 0.231 e. The smallest absolute Gasteiger partial charge is 0.231 e. The van der Waals surface area contributed by atoms with E-state index in [1.165, 1.54) is 0 Å². The van der Waals surface area contributed by atoms with E-state index in [-0.39, 0.29) is 6.79 Å². The highest BCUT2D eigenvalue weighted by Gasteiger charge is 2.13. The van der Waals surface area contributed by atoms with Gasteiger partial charge in [0.2, 0.25) is 6.79 Å². The van der Waals surface area contributed by atoms with E-state index < -0.39 is 0 Å². The van der Waals surface area contributed by atoms with Crippen molar-refractivity contribution in [2.75, 3.05) is 6.79 Å². The molecule has 0 spiro atoms. The van der Waals surface area contributed by atoms with E-state index in [2.05, 4.69) is 15.8 Å². The Morgan fingerprint density at radius 3 is 2.74 bits per heavy atom. The summed E-state index contributed by atoms with van der Waals surface area (Å²) in [5, 5.41) is 7.90. The topological polar surface area (TPSA) is 54.9 Å². The Kier molecular flexibility index (Phi) is 4.73. The zero-order valence-electron chi connectivity index (χ0n) is 12.7. The third-order valence-corrected chi connectivity index (χ3v) is 3.65. The maximum absolute atomic E-state index is 5.37. The Hall–Kier alpha value is -2.60. The molecule has 2 aromatic rings. The van der Waals surface area contributed by atoms with Gasteiger partial charge in [0.1, 0.15) is 0 Å². The molecule has 118 valence electrons. The Morgan fingerprint density at radius 2 is 1.91 bits per heavy atom. The predicted octanol–water partition coefficient (Wildman–Crippen LogP) is 2.80. The van der Waals surface area contributed by atoms with Crippen molar-refractivity contribution in [3.05, 3.63) is 59.7 Å². The number of hydrogen-bond donors (Lipinski definition) is 2. The summed E-state index contributed by atoms with van der Waals surface area (Å²) in [6.45, 7) is 2.83. The van der Waals surface area contributed by atoms with E-state index in [9.17, 15) is 0 Å². The van der Waals surface area contributed by atoms with Gasteiger partial charge >= 0.3 is 0 Å². The van der Waals surface area contributed by atoms with Crippen molar-refractivity contribution in [3.63, 3.8) is 0 Å². The van der Waals surface area contributed by atoms with Gasteiger partial charge in [-0.25, -0.2) is 0 Å². The molecule has 0 saturated carbocycles. The number of hydrogen-bond acceptors (Lipinski definition) is 4. The fourth-order valence-electron chi connectivity index (χ4n) is 2.14. The lowest BCUT2D eigenvalue weighted by molar-refractivity contribution is 0.174. The molecule has 1 aliphatic heterocycles. The van der Waals surface area contributed by atoms with Crippen LogP contribution in [-0.2, 0) is 6.54 Å². The van der Waals surface area contributed by atoms with Gasteiger partial charge in [-0.15, -0.1) is 0 Å². The van der Waals surface area contributed by atoms with Crippen LogP contribution in [0.1, 0.15) is 18.1 Å². The Bertz CT molecular complexity index is 732. The second-order valence-corrected chi connectivity index (χ2v) is 5.45. The molecule has 1 heterocycles. The fraction of sp³-hybridized carbons (Fsp3) is 0.176. The van der Waals surface area contributed by atoms with Crippen LogP contribution in [0.2, 0.25) is 0 Å². The third-order valence-electron chi connectivity index (χ3n) is 3.41. The summed E-state index contributed by atoms with van der Waals surface area (Å²) in [4.78, 5) is 0. The summed E-state index contributed by atoms with van der Waals surface area (Å²) in [7, 11) is 0. The van der Waals surface area contributed by atoms with Crippen molar-refractivity contribution in [2.24, 2.45) is 5.10 Å². The highest BCUT2D eigenvalue weighted by molar-refractivity contribution is 7.80. The number of ether oxygens (including phenoxy) is 2. The molecule has 0 fully saturated rings. The quantitative estimate of drug-likeness (QED) is 0.514. The van der Waals surface area contributed by atoms with Crippen molar-refractivity contribution >= 4 is 23.0 Å². The van der Waals surface area contributed by atoms with Crippen LogP contribution >= 0.6 is 12.2 Å². The molecule has 5 nitrogen and oxygen atoms in total. The number of rotatable bonds is 4. The molecule has 0 aromatic heterocycles. The van der Waals surface area contributed by atoms with Crippen LogP contribution in [0.15, 0.2) is 53.6 Å². The van der Waals surface area contributed by atoms with E-state index in [4.69, 9.17) is 21.7 Å². The van der Waals surface area contributed by atoms with Crippen LogP contribution in [0, 0.1) is 0 Å². The van der Waals surface area contributed by atoms with Gasteiger partial charge in [-0.2, -0.15) is 5.10 Å². The van der Waals surface area contributed by atoms with E-state index in [1.807, 2.05) is 55.5 Å². The molecule has 0 amide bonds. The number of nitrogens with zero attached hydrogens (tertiary/aromatic N) is 1. The Morgan fingerprint density at radius 1 is 1.13 bits per heavy atom. The van der Waals surface area contributed by atoms with Crippen molar-refractivity contribution in [1.82, 2.24) is 10.7 Å². The molecule has 0 bridgehead atoms. The number of hydrazone groups is 1. The first-order valence-corrected chi connectivity index (χ1v) is 7.65. The molecule has 23 heavy (non-hydrogen) atoms. The van der Waals surface area contributed by atoms with Crippen LogP contribution in [0.5, 0.6) is 11.5 Å². The zero-order valence-corrected chi connectivity index (χ0v) is 13.5. The average molecular weight is 327 g/mol. The van der Waals surface area contributed by atoms with E-state index in [0.717, 1.165) is 28.3 Å². The van der Waals surface area contributed by atoms with Gasteiger partial charge < -0.3 is 14.8 Å². The van der Waals surface area contributed by atoms with Crippen LogP contribution < -0.4 is 20.2 Å². The average Bonchev–Trinajstić information content (AvgIpc) is 3.06. The minimum absolute atomic E-state index is 0.265. The number of thiocarbonyl (C=S) groups is 1. The summed E-state index contributed by atoms with van der Waals surface area (Å²) in [5.74, 6) is 1.50. The molecular formula is C17H17N3O2S. The molecule has 0 atom stereocenters. The van der Waals surface area contributed by atoms with Crippen molar-refractivity contribution in [2.45, 2.75) is 13.5 Å². The monoisotopic (exact) mass is 327 g/mol. The number of benzene rings is 2. The van der Waals surface area contributed by atoms with Gasteiger partial charge in [0.25, 0.3) is 0 Å². The molecule has 6 heteroatoms. The summed E-state index contributed by atoms with van der Waals surface area (Å²) < 4.78 is 10.7. The summed E-state index contributed by atoms with van der Waals surface area (Å²) in [6.07, 6.45) is 0. The van der Waals surface area contributed by atoms with Crippen LogP contribution in [-0.4, -0.2) is 17.6 Å². The van der Waals surface area contributed by atoms with Gasteiger partial charge in [0, 0.05) is 12.1 Å². The van der Waals surface area contributed by atoms with Crippen molar-refractivity contribution in [1.29, 1.82) is 0 Å². The first kappa shape index (κ1) is 15.3. The standard InChI is InChI=1S/C17H17N3O2S/c1-12(14-7-8-15-16(9-14)22-11-21-15)19-20-17(23)18-10-13-5-3-2-4-6-13/h2-9H,10-11H2,1H3,(H2,18,20,23). The SMILES string of the molecule is CC(=NNC(=S)NCc1ccccc1)c1ccc2c(c1)OCO2. The highest BCUT2D eigenvalue weighted by atomic mass is 32.1. The minimum Gasteiger partial charge on any atom is -0.454 e. The fourth-order valence-corrected chi connectivity index (χ4v) is 2.26. The van der Waals surface area contributed by atoms with Crippen LogP contribution in [0.25, 0.3) is 0 Å². The first-order chi connectivity index (χ1) is 11.2. The predicted molar refractivity (Wildman–Crippen MR) is 93.8 cm³/mol. The molecular weight excluding hydrogens is 310 g/mol. The maximum atomic E-state index is 5.37. The number of nitrogens with one attached hydrogen (secondary N) is 2. The molecule has 0 aliphatic carbocycles. The summed E-state index contributed by atoms with van der Waals surface area (Å²) in [6, 6.07) is 15.8. The largest absolute Gasteiger partial charge is 0.454 e. The summed E-state index contributed by atoms with van der Waals surface area (Å²) >= 11 is 5.23.